The first kappa shape index (κ1) is 23.8. The van der Waals surface area contributed by atoms with Crippen molar-refractivity contribution in [1.82, 2.24) is 0 Å². The minimum absolute atomic E-state index is 0.162. The Morgan fingerprint density at radius 3 is 2.48 bits per heavy atom. The number of nitrogens with one attached hydrogen (secondary N) is 2. The van der Waals surface area contributed by atoms with E-state index in [1.807, 2.05) is 24.3 Å². The Kier molecular flexibility index (Phi) is 8.02. The van der Waals surface area contributed by atoms with E-state index in [0.717, 1.165) is 18.1 Å². The van der Waals surface area contributed by atoms with Gasteiger partial charge < -0.3 is 20.1 Å². The van der Waals surface area contributed by atoms with E-state index >= 15 is 0 Å². The fraction of sp³-hybridized carbons (Fsp3) is 0.231. The van der Waals surface area contributed by atoms with E-state index in [9.17, 15) is 14.0 Å². The topological polar surface area (TPSA) is 76.7 Å². The molecule has 1 atom stereocenters. The van der Waals surface area contributed by atoms with Crippen LogP contribution in [0.5, 0.6) is 11.5 Å². The lowest BCUT2D eigenvalue weighted by Gasteiger charge is -2.16. The highest BCUT2D eigenvalue weighted by Gasteiger charge is 2.14. The van der Waals surface area contributed by atoms with Gasteiger partial charge in [-0.3, -0.25) is 9.59 Å². The van der Waals surface area contributed by atoms with Crippen LogP contribution in [0.25, 0.3) is 0 Å². The zero-order valence-corrected chi connectivity index (χ0v) is 18.9. The average Bonchev–Trinajstić information content (AvgIpc) is 2.82. The number of benzene rings is 3. The minimum atomic E-state index is -0.509. The van der Waals surface area contributed by atoms with Crippen LogP contribution >= 0.6 is 0 Å². The third kappa shape index (κ3) is 6.32. The highest BCUT2D eigenvalue weighted by molar-refractivity contribution is 6.05. The highest BCUT2D eigenvalue weighted by atomic mass is 19.1. The Bertz CT molecular complexity index is 1130. The SMILES string of the molecule is CCC(C)c1ccccc1OCC(=O)Nc1ccc(OC)c(NC(=O)c2cccc(F)c2)c1. The second-order valence-corrected chi connectivity index (χ2v) is 7.56. The quantitative estimate of drug-likeness (QED) is 0.444. The van der Waals surface area contributed by atoms with E-state index in [0.29, 0.717) is 28.8 Å². The van der Waals surface area contributed by atoms with Crippen LogP contribution in [0.1, 0.15) is 42.1 Å². The van der Waals surface area contributed by atoms with Gasteiger partial charge in [0.1, 0.15) is 17.3 Å². The van der Waals surface area contributed by atoms with Crippen LogP contribution in [-0.4, -0.2) is 25.5 Å². The smallest absolute Gasteiger partial charge is 0.262 e. The number of amides is 2. The molecule has 0 heterocycles. The lowest BCUT2D eigenvalue weighted by molar-refractivity contribution is -0.118. The van der Waals surface area contributed by atoms with E-state index in [1.54, 1.807) is 18.2 Å². The van der Waals surface area contributed by atoms with Gasteiger partial charge in [-0.15, -0.1) is 0 Å². The number of hydrogen-bond acceptors (Lipinski definition) is 4. The van der Waals surface area contributed by atoms with Gasteiger partial charge in [0, 0.05) is 11.3 Å². The molecule has 0 radical (unpaired) electrons. The molecule has 3 aromatic rings. The van der Waals surface area contributed by atoms with Crippen LogP contribution < -0.4 is 20.1 Å². The first-order chi connectivity index (χ1) is 15.9. The normalized spacial score (nSPS) is 11.4. The Morgan fingerprint density at radius 2 is 1.76 bits per heavy atom. The molecule has 0 aromatic heterocycles. The van der Waals surface area contributed by atoms with E-state index in [-0.39, 0.29) is 18.1 Å². The van der Waals surface area contributed by atoms with Gasteiger partial charge in [0.05, 0.1) is 12.8 Å². The average molecular weight is 451 g/mol. The Labute approximate surface area is 192 Å². The van der Waals surface area contributed by atoms with E-state index in [2.05, 4.69) is 24.5 Å². The molecule has 2 N–H and O–H groups in total. The van der Waals surface area contributed by atoms with Crippen molar-refractivity contribution in [3.63, 3.8) is 0 Å². The van der Waals surface area contributed by atoms with Crippen LogP contribution in [0.2, 0.25) is 0 Å². The molecule has 0 saturated carbocycles. The summed E-state index contributed by atoms with van der Waals surface area (Å²) in [7, 11) is 1.47. The van der Waals surface area contributed by atoms with E-state index in [1.165, 1.54) is 25.3 Å². The maximum absolute atomic E-state index is 13.4. The second kappa shape index (κ2) is 11.1. The van der Waals surface area contributed by atoms with E-state index in [4.69, 9.17) is 9.47 Å². The van der Waals surface area contributed by atoms with Crippen molar-refractivity contribution in [1.29, 1.82) is 0 Å². The lowest BCUT2D eigenvalue weighted by atomic mass is 9.98. The second-order valence-electron chi connectivity index (χ2n) is 7.56. The summed E-state index contributed by atoms with van der Waals surface area (Å²) in [6, 6.07) is 17.9. The minimum Gasteiger partial charge on any atom is -0.495 e. The van der Waals surface area contributed by atoms with Crippen molar-refractivity contribution < 1.29 is 23.5 Å². The predicted octanol–water partition coefficient (Wildman–Crippen LogP) is 5.62. The van der Waals surface area contributed by atoms with Crippen LogP contribution in [0.3, 0.4) is 0 Å². The molecule has 7 heteroatoms. The summed E-state index contributed by atoms with van der Waals surface area (Å²) >= 11 is 0. The third-order valence-corrected chi connectivity index (χ3v) is 5.24. The number of carbonyl (C=O) groups is 2. The first-order valence-corrected chi connectivity index (χ1v) is 10.7. The molecule has 1 unspecified atom stereocenters. The largest absolute Gasteiger partial charge is 0.495 e. The summed E-state index contributed by atoms with van der Waals surface area (Å²) < 4.78 is 24.5. The van der Waals surface area contributed by atoms with Crippen molar-refractivity contribution >= 4 is 23.2 Å². The summed E-state index contributed by atoms with van der Waals surface area (Å²) in [5.74, 6) is 0.0414. The molecule has 0 aliphatic carbocycles. The molecular formula is C26H27FN2O4. The fourth-order valence-corrected chi connectivity index (χ4v) is 3.29. The van der Waals surface area contributed by atoms with Gasteiger partial charge in [0.25, 0.3) is 11.8 Å². The van der Waals surface area contributed by atoms with Crippen molar-refractivity contribution in [2.45, 2.75) is 26.2 Å². The molecule has 172 valence electrons. The summed E-state index contributed by atoms with van der Waals surface area (Å²) in [5, 5.41) is 5.45. The summed E-state index contributed by atoms with van der Waals surface area (Å²) in [6.45, 7) is 4.05. The maximum atomic E-state index is 13.4. The molecule has 3 aromatic carbocycles. The Balaban J connectivity index is 1.68. The number of para-hydroxylation sites is 1. The van der Waals surface area contributed by atoms with Crippen molar-refractivity contribution in [2.24, 2.45) is 0 Å². The van der Waals surface area contributed by atoms with Gasteiger partial charge in [-0.25, -0.2) is 4.39 Å². The number of ether oxygens (including phenoxy) is 2. The molecule has 0 saturated heterocycles. The van der Waals surface area contributed by atoms with Gasteiger partial charge in [-0.2, -0.15) is 0 Å². The van der Waals surface area contributed by atoms with Crippen molar-refractivity contribution in [3.05, 3.63) is 83.7 Å². The van der Waals surface area contributed by atoms with Gasteiger partial charge in [0.15, 0.2) is 6.61 Å². The number of rotatable bonds is 9. The number of methoxy groups -OCH3 is 1. The molecule has 0 aliphatic heterocycles. The van der Waals surface area contributed by atoms with Crippen molar-refractivity contribution in [2.75, 3.05) is 24.4 Å². The standard InChI is InChI=1S/C26H27FN2O4/c1-4-17(2)21-10-5-6-11-23(21)33-16-25(30)28-20-12-13-24(32-3)22(15-20)29-26(31)18-8-7-9-19(27)14-18/h5-15,17H,4,16H2,1-3H3,(H,28,30)(H,29,31). The monoisotopic (exact) mass is 450 g/mol. The Morgan fingerprint density at radius 1 is 0.970 bits per heavy atom. The fourth-order valence-electron chi connectivity index (χ4n) is 3.29. The highest BCUT2D eigenvalue weighted by Crippen LogP contribution is 2.30. The predicted molar refractivity (Wildman–Crippen MR) is 127 cm³/mol. The van der Waals surface area contributed by atoms with Crippen molar-refractivity contribution in [3.8, 4) is 11.5 Å². The third-order valence-electron chi connectivity index (χ3n) is 5.24. The summed E-state index contributed by atoms with van der Waals surface area (Å²) in [5.41, 5.74) is 2.02. The van der Waals surface area contributed by atoms with E-state index < -0.39 is 11.7 Å². The Hall–Kier alpha value is -3.87. The molecule has 0 bridgehead atoms. The first-order valence-electron chi connectivity index (χ1n) is 10.7. The summed E-state index contributed by atoms with van der Waals surface area (Å²) in [6.07, 6.45) is 0.961. The van der Waals surface area contributed by atoms with Crippen LogP contribution in [-0.2, 0) is 4.79 Å². The number of halogens is 1. The lowest BCUT2D eigenvalue weighted by Crippen LogP contribution is -2.21. The number of anilines is 2. The zero-order valence-electron chi connectivity index (χ0n) is 18.9. The van der Waals surface area contributed by atoms with Gasteiger partial charge in [-0.05, 0) is 60.4 Å². The molecule has 2 amide bonds. The maximum Gasteiger partial charge on any atom is 0.262 e. The van der Waals surface area contributed by atoms with Gasteiger partial charge >= 0.3 is 0 Å². The molecule has 3 rings (SSSR count). The molecular weight excluding hydrogens is 423 g/mol. The number of carbonyl (C=O) groups excluding carboxylic acids is 2. The molecule has 6 nitrogen and oxygen atoms in total. The molecule has 0 spiro atoms. The molecule has 33 heavy (non-hydrogen) atoms. The number of hydrogen-bond donors (Lipinski definition) is 2. The van der Waals surface area contributed by atoms with Gasteiger partial charge in [0.2, 0.25) is 0 Å². The zero-order chi connectivity index (χ0) is 23.8. The molecule has 0 fully saturated rings. The molecule has 0 aliphatic rings. The van der Waals surface area contributed by atoms with Crippen LogP contribution in [0.4, 0.5) is 15.8 Å². The summed E-state index contributed by atoms with van der Waals surface area (Å²) in [4.78, 5) is 25.0. The van der Waals surface area contributed by atoms with Crippen LogP contribution in [0, 0.1) is 5.82 Å². The van der Waals surface area contributed by atoms with Gasteiger partial charge in [-0.1, -0.05) is 38.1 Å². The van der Waals surface area contributed by atoms with Crippen LogP contribution in [0.15, 0.2) is 66.7 Å².